The Hall–Kier alpha value is -1.54. The highest BCUT2D eigenvalue weighted by atomic mass is 35.5. The van der Waals surface area contributed by atoms with Crippen LogP contribution in [0.25, 0.3) is 0 Å². The van der Waals surface area contributed by atoms with Crippen molar-refractivity contribution in [2.24, 2.45) is 0 Å². The number of hydrogen-bond donors (Lipinski definition) is 1. The third kappa shape index (κ3) is 5.39. The summed E-state index contributed by atoms with van der Waals surface area (Å²) in [5.74, 6) is 0. The summed E-state index contributed by atoms with van der Waals surface area (Å²) >= 11 is 0. The van der Waals surface area contributed by atoms with Gasteiger partial charge in [0.15, 0.2) is 0 Å². The van der Waals surface area contributed by atoms with Gasteiger partial charge in [-0.2, -0.15) is 10.2 Å². The zero-order chi connectivity index (χ0) is 14.4. The van der Waals surface area contributed by atoms with Crippen LogP contribution >= 0.6 is 12.4 Å². The predicted octanol–water partition coefficient (Wildman–Crippen LogP) is 2.03. The van der Waals surface area contributed by atoms with E-state index in [0.717, 1.165) is 11.3 Å². The van der Waals surface area contributed by atoms with Gasteiger partial charge < -0.3 is 5.32 Å². The SMILES string of the molecule is Cl.FCCn1nccc1CNCc1cnn(CC(F)F)c1. The van der Waals surface area contributed by atoms with Crippen molar-refractivity contribution in [2.45, 2.75) is 32.6 Å². The first-order chi connectivity index (χ1) is 9.69. The molecule has 0 spiro atoms. The lowest BCUT2D eigenvalue weighted by Gasteiger charge is -2.06. The molecule has 0 amide bonds. The van der Waals surface area contributed by atoms with Crippen LogP contribution in [0.15, 0.2) is 24.7 Å². The van der Waals surface area contributed by atoms with Crippen molar-refractivity contribution in [1.29, 1.82) is 0 Å². The van der Waals surface area contributed by atoms with Crippen molar-refractivity contribution in [3.8, 4) is 0 Å². The van der Waals surface area contributed by atoms with Gasteiger partial charge in [-0.1, -0.05) is 0 Å². The summed E-state index contributed by atoms with van der Waals surface area (Å²) in [6.07, 6.45) is 2.34. The second-order valence-corrected chi connectivity index (χ2v) is 4.30. The largest absolute Gasteiger partial charge is 0.307 e. The van der Waals surface area contributed by atoms with E-state index in [1.54, 1.807) is 23.3 Å². The maximum Gasteiger partial charge on any atom is 0.257 e. The average Bonchev–Trinajstić information content (AvgIpc) is 3.00. The van der Waals surface area contributed by atoms with Crippen LogP contribution in [-0.2, 0) is 26.2 Å². The van der Waals surface area contributed by atoms with Crippen molar-refractivity contribution < 1.29 is 13.2 Å². The molecule has 0 fully saturated rings. The summed E-state index contributed by atoms with van der Waals surface area (Å²) in [7, 11) is 0. The summed E-state index contributed by atoms with van der Waals surface area (Å²) < 4.78 is 39.4. The molecule has 0 aliphatic rings. The van der Waals surface area contributed by atoms with Crippen molar-refractivity contribution in [1.82, 2.24) is 24.9 Å². The van der Waals surface area contributed by atoms with Crippen molar-refractivity contribution >= 4 is 12.4 Å². The monoisotopic (exact) mass is 323 g/mol. The van der Waals surface area contributed by atoms with Gasteiger partial charge in [0, 0.05) is 31.0 Å². The Morgan fingerprint density at radius 2 is 2.05 bits per heavy atom. The number of aromatic nitrogens is 4. The lowest BCUT2D eigenvalue weighted by molar-refractivity contribution is 0.122. The number of halogens is 4. The quantitative estimate of drug-likeness (QED) is 0.808. The maximum atomic E-state index is 12.3. The first-order valence-electron chi connectivity index (χ1n) is 6.26. The zero-order valence-electron chi connectivity index (χ0n) is 11.3. The van der Waals surface area contributed by atoms with Gasteiger partial charge in [-0.05, 0) is 6.07 Å². The molecular formula is C12H17ClF3N5. The minimum Gasteiger partial charge on any atom is -0.307 e. The van der Waals surface area contributed by atoms with Gasteiger partial charge in [-0.25, -0.2) is 13.2 Å². The molecule has 2 rings (SSSR count). The van der Waals surface area contributed by atoms with Crippen molar-refractivity contribution in [3.63, 3.8) is 0 Å². The molecule has 0 aliphatic carbocycles. The molecule has 0 atom stereocenters. The minimum atomic E-state index is -2.41. The topological polar surface area (TPSA) is 47.7 Å². The molecule has 0 aromatic carbocycles. The molecule has 118 valence electrons. The molecule has 9 heteroatoms. The Balaban J connectivity index is 0.00000220. The van der Waals surface area contributed by atoms with Crippen molar-refractivity contribution in [2.75, 3.05) is 6.67 Å². The second kappa shape index (κ2) is 8.68. The minimum absolute atomic E-state index is 0. The summed E-state index contributed by atoms with van der Waals surface area (Å²) in [6.45, 7) is 0.402. The van der Waals surface area contributed by atoms with E-state index in [1.807, 2.05) is 6.07 Å². The number of hydrogen-bond acceptors (Lipinski definition) is 3. The molecule has 1 N–H and O–H groups in total. The first kappa shape index (κ1) is 17.5. The Kier molecular flexibility index (Phi) is 7.24. The molecule has 0 saturated heterocycles. The highest BCUT2D eigenvalue weighted by Gasteiger charge is 2.06. The van der Waals surface area contributed by atoms with Gasteiger partial charge in [0.05, 0.1) is 18.4 Å². The number of aryl methyl sites for hydroxylation is 1. The Labute approximate surface area is 126 Å². The van der Waals surface area contributed by atoms with E-state index >= 15 is 0 Å². The fraction of sp³-hybridized carbons (Fsp3) is 0.500. The third-order valence-corrected chi connectivity index (χ3v) is 2.75. The van der Waals surface area contributed by atoms with E-state index in [9.17, 15) is 13.2 Å². The van der Waals surface area contributed by atoms with Crippen LogP contribution < -0.4 is 5.32 Å². The van der Waals surface area contributed by atoms with Crippen LogP contribution in [-0.4, -0.2) is 32.7 Å². The lowest BCUT2D eigenvalue weighted by atomic mass is 10.3. The van der Waals surface area contributed by atoms with Crippen LogP contribution in [0, 0.1) is 0 Å². The molecule has 0 unspecified atom stereocenters. The molecular weight excluding hydrogens is 307 g/mol. The van der Waals surface area contributed by atoms with E-state index in [2.05, 4.69) is 15.5 Å². The second-order valence-electron chi connectivity index (χ2n) is 4.30. The zero-order valence-corrected chi connectivity index (χ0v) is 12.1. The van der Waals surface area contributed by atoms with E-state index in [1.165, 1.54) is 4.68 Å². The molecule has 2 aromatic heterocycles. The summed E-state index contributed by atoms with van der Waals surface area (Å²) in [5.41, 5.74) is 1.70. The number of nitrogens with zero attached hydrogens (tertiary/aromatic N) is 4. The summed E-state index contributed by atoms with van der Waals surface area (Å²) in [5, 5.41) is 11.0. The first-order valence-corrected chi connectivity index (χ1v) is 6.26. The molecule has 21 heavy (non-hydrogen) atoms. The molecule has 0 saturated carbocycles. The van der Waals surface area contributed by atoms with Gasteiger partial charge in [-0.15, -0.1) is 12.4 Å². The summed E-state index contributed by atoms with van der Waals surface area (Å²) in [4.78, 5) is 0. The van der Waals surface area contributed by atoms with Crippen LogP contribution in [0.4, 0.5) is 13.2 Å². The smallest absolute Gasteiger partial charge is 0.257 e. The van der Waals surface area contributed by atoms with Gasteiger partial charge in [0.1, 0.15) is 13.2 Å². The van der Waals surface area contributed by atoms with E-state index < -0.39 is 19.6 Å². The Morgan fingerprint density at radius 3 is 2.76 bits per heavy atom. The van der Waals surface area contributed by atoms with E-state index in [4.69, 9.17) is 0 Å². The fourth-order valence-corrected chi connectivity index (χ4v) is 1.87. The van der Waals surface area contributed by atoms with Gasteiger partial charge in [0.2, 0.25) is 0 Å². The van der Waals surface area contributed by atoms with E-state index in [0.29, 0.717) is 13.1 Å². The van der Waals surface area contributed by atoms with Gasteiger partial charge >= 0.3 is 0 Å². The number of alkyl halides is 3. The van der Waals surface area contributed by atoms with Gasteiger partial charge in [-0.3, -0.25) is 9.36 Å². The van der Waals surface area contributed by atoms with Crippen LogP contribution in [0.1, 0.15) is 11.3 Å². The molecule has 0 bridgehead atoms. The molecule has 0 aliphatic heterocycles. The molecule has 5 nitrogen and oxygen atoms in total. The lowest BCUT2D eigenvalue weighted by Crippen LogP contribution is -2.16. The normalized spacial score (nSPS) is 10.9. The van der Waals surface area contributed by atoms with Crippen LogP contribution in [0.2, 0.25) is 0 Å². The molecule has 2 heterocycles. The highest BCUT2D eigenvalue weighted by Crippen LogP contribution is 2.03. The van der Waals surface area contributed by atoms with Crippen LogP contribution in [0.5, 0.6) is 0 Å². The number of rotatable bonds is 8. The van der Waals surface area contributed by atoms with Crippen molar-refractivity contribution in [3.05, 3.63) is 35.9 Å². The third-order valence-electron chi connectivity index (χ3n) is 2.75. The van der Waals surface area contributed by atoms with Crippen LogP contribution in [0.3, 0.4) is 0 Å². The predicted molar refractivity (Wildman–Crippen MR) is 74.2 cm³/mol. The Bertz CT molecular complexity index is 528. The Morgan fingerprint density at radius 1 is 1.24 bits per heavy atom. The van der Waals surface area contributed by atoms with Gasteiger partial charge in [0.25, 0.3) is 6.43 Å². The molecule has 0 radical (unpaired) electrons. The average molecular weight is 324 g/mol. The maximum absolute atomic E-state index is 12.3. The standard InChI is InChI=1S/C12H16F3N5.ClH/c13-2-4-20-11(1-3-17-20)7-16-5-10-6-18-19(8-10)9-12(14)15;/h1,3,6,8,12,16H,2,4-5,7,9H2;1H. The number of nitrogens with one attached hydrogen (secondary N) is 1. The fourth-order valence-electron chi connectivity index (χ4n) is 1.87. The molecule has 2 aromatic rings. The van der Waals surface area contributed by atoms with E-state index in [-0.39, 0.29) is 19.0 Å². The summed E-state index contributed by atoms with van der Waals surface area (Å²) in [6, 6.07) is 1.81. The highest BCUT2D eigenvalue weighted by molar-refractivity contribution is 5.85.